The molecule has 0 N–H and O–H groups in total. The summed E-state index contributed by atoms with van der Waals surface area (Å²) in [6.45, 7) is 3.82. The summed E-state index contributed by atoms with van der Waals surface area (Å²) >= 11 is 2.05. The van der Waals surface area contributed by atoms with Gasteiger partial charge in [-0.1, -0.05) is 36.4 Å². The van der Waals surface area contributed by atoms with Gasteiger partial charge in [0, 0.05) is 0 Å². The number of hydrogen-bond acceptors (Lipinski definition) is 4. The molecule has 0 aromatic carbocycles. The maximum absolute atomic E-state index is 12.3. The van der Waals surface area contributed by atoms with Crippen molar-refractivity contribution in [2.24, 2.45) is 23.7 Å². The number of alkyl halides is 1. The fourth-order valence-corrected chi connectivity index (χ4v) is 5.61. The molecule has 0 radical (unpaired) electrons. The Kier molecular flexibility index (Phi) is 5.24. The average molecular weight is 434 g/mol. The molecule has 1 atom stereocenters. The van der Waals surface area contributed by atoms with Gasteiger partial charge in [-0.15, -0.1) is 0 Å². The molecular formula is C18H27IO4. The van der Waals surface area contributed by atoms with Gasteiger partial charge in [-0.2, -0.15) is 0 Å². The molecule has 5 heteroatoms. The number of hydrogen-bond donors (Lipinski definition) is 0. The van der Waals surface area contributed by atoms with Crippen LogP contribution in [0.15, 0.2) is 0 Å². The van der Waals surface area contributed by atoms with E-state index in [1.165, 1.54) is 32.1 Å². The van der Waals surface area contributed by atoms with Crippen LogP contribution >= 0.6 is 22.6 Å². The van der Waals surface area contributed by atoms with E-state index in [1.54, 1.807) is 0 Å². The minimum absolute atomic E-state index is 0.193. The molecule has 4 fully saturated rings. The maximum Gasteiger partial charge on any atom is 0.344 e. The smallest absolute Gasteiger partial charge is 0.344 e. The molecule has 0 saturated heterocycles. The summed E-state index contributed by atoms with van der Waals surface area (Å²) in [4.78, 5) is 24.0. The van der Waals surface area contributed by atoms with Gasteiger partial charge >= 0.3 is 11.9 Å². The minimum atomic E-state index is -0.368. The number of ether oxygens (including phenoxy) is 2. The molecule has 23 heavy (non-hydrogen) atoms. The number of rotatable bonds is 6. The van der Waals surface area contributed by atoms with Crippen molar-refractivity contribution in [1.29, 1.82) is 0 Å². The maximum atomic E-state index is 12.3. The Morgan fingerprint density at radius 3 is 2.13 bits per heavy atom. The van der Waals surface area contributed by atoms with Crippen molar-refractivity contribution < 1.29 is 19.1 Å². The van der Waals surface area contributed by atoms with E-state index >= 15 is 0 Å². The van der Waals surface area contributed by atoms with Gasteiger partial charge in [0.1, 0.15) is 9.53 Å². The molecule has 4 bridgehead atoms. The summed E-state index contributed by atoms with van der Waals surface area (Å²) in [6.07, 6.45) is 7.80. The molecule has 130 valence electrons. The highest BCUT2D eigenvalue weighted by molar-refractivity contribution is 14.1. The Morgan fingerprint density at radius 1 is 1.09 bits per heavy atom. The minimum Gasteiger partial charge on any atom is -0.456 e. The summed E-state index contributed by atoms with van der Waals surface area (Å²) < 4.78 is 10.9. The molecule has 4 aliphatic rings. The second kappa shape index (κ2) is 6.89. The van der Waals surface area contributed by atoms with E-state index < -0.39 is 0 Å². The summed E-state index contributed by atoms with van der Waals surface area (Å²) in [5, 5.41) is 0. The summed E-state index contributed by atoms with van der Waals surface area (Å²) in [5.74, 6) is 2.02. The Hall–Kier alpha value is -0.330. The zero-order valence-corrected chi connectivity index (χ0v) is 16.2. The van der Waals surface area contributed by atoms with Crippen LogP contribution in [0.25, 0.3) is 0 Å². The van der Waals surface area contributed by atoms with Crippen molar-refractivity contribution in [3.05, 3.63) is 0 Å². The lowest BCUT2D eigenvalue weighted by molar-refractivity contribution is -0.214. The molecular weight excluding hydrogens is 407 g/mol. The lowest BCUT2D eigenvalue weighted by atomic mass is 9.49. The third-order valence-corrected chi connectivity index (χ3v) is 7.71. The van der Waals surface area contributed by atoms with Crippen LogP contribution in [0.5, 0.6) is 0 Å². The van der Waals surface area contributed by atoms with Gasteiger partial charge in [0.2, 0.25) is 0 Å². The van der Waals surface area contributed by atoms with Crippen LogP contribution in [0.1, 0.15) is 58.8 Å². The van der Waals surface area contributed by atoms with E-state index in [0.29, 0.717) is 18.3 Å². The van der Waals surface area contributed by atoms with Crippen molar-refractivity contribution >= 4 is 34.5 Å². The fourth-order valence-electron chi connectivity index (χ4n) is 5.43. The van der Waals surface area contributed by atoms with Crippen LogP contribution in [0.2, 0.25) is 0 Å². The van der Waals surface area contributed by atoms with E-state index in [4.69, 9.17) is 9.47 Å². The Balaban J connectivity index is 1.61. The van der Waals surface area contributed by atoms with Gasteiger partial charge in [-0.3, -0.25) is 4.79 Å². The average Bonchev–Trinajstić information content (AvgIpc) is 2.54. The number of esters is 2. The first-order valence-electron chi connectivity index (χ1n) is 9.01. The largest absolute Gasteiger partial charge is 0.456 e. The third-order valence-electron chi connectivity index (χ3n) is 6.32. The Morgan fingerprint density at radius 2 is 1.65 bits per heavy atom. The first-order valence-corrected chi connectivity index (χ1v) is 10.3. The normalized spacial score (nSPS) is 39.1. The van der Waals surface area contributed by atoms with E-state index in [9.17, 15) is 9.59 Å². The molecule has 0 amide bonds. The molecule has 1 unspecified atom stereocenters. The van der Waals surface area contributed by atoms with Crippen LogP contribution in [-0.4, -0.2) is 28.1 Å². The molecule has 0 heterocycles. The first-order chi connectivity index (χ1) is 11.0. The van der Waals surface area contributed by atoms with Crippen molar-refractivity contribution in [2.45, 2.75) is 68.3 Å². The highest BCUT2D eigenvalue weighted by Gasteiger charge is 2.58. The van der Waals surface area contributed by atoms with Crippen molar-refractivity contribution in [3.8, 4) is 0 Å². The summed E-state index contributed by atoms with van der Waals surface area (Å²) in [7, 11) is 0. The number of halogens is 1. The zero-order chi connectivity index (χ0) is 16.6. The topological polar surface area (TPSA) is 52.6 Å². The van der Waals surface area contributed by atoms with E-state index in [-0.39, 0.29) is 28.1 Å². The van der Waals surface area contributed by atoms with Crippen LogP contribution in [-0.2, 0) is 19.1 Å². The summed E-state index contributed by atoms with van der Waals surface area (Å²) in [6, 6.07) is 0. The monoisotopic (exact) mass is 434 g/mol. The van der Waals surface area contributed by atoms with Gasteiger partial charge in [0.25, 0.3) is 0 Å². The molecule has 4 nitrogen and oxygen atoms in total. The van der Waals surface area contributed by atoms with Gasteiger partial charge in [0.05, 0.1) is 0 Å². The van der Waals surface area contributed by atoms with Crippen LogP contribution in [0.4, 0.5) is 0 Å². The predicted octanol–water partition coefficient (Wildman–Crippen LogP) is 3.89. The molecule has 0 aromatic rings. The quantitative estimate of drug-likeness (QED) is 0.362. The van der Waals surface area contributed by atoms with E-state index in [0.717, 1.165) is 18.3 Å². The molecule has 0 aliphatic heterocycles. The predicted molar refractivity (Wildman–Crippen MR) is 95.2 cm³/mol. The third kappa shape index (κ3) is 3.27. The molecule has 0 aromatic heterocycles. The molecule has 0 spiro atoms. The van der Waals surface area contributed by atoms with Crippen LogP contribution < -0.4 is 0 Å². The highest BCUT2D eigenvalue weighted by Crippen LogP contribution is 2.60. The molecule has 4 aliphatic carbocycles. The number of carbonyl (C=O) groups excluding carboxylic acids is 2. The lowest BCUT2D eigenvalue weighted by Crippen LogP contribution is -2.59. The lowest BCUT2D eigenvalue weighted by Gasteiger charge is -2.60. The fraction of sp³-hybridized carbons (Fsp3) is 0.889. The first kappa shape index (κ1) is 17.5. The highest BCUT2D eigenvalue weighted by atomic mass is 127. The molecule has 4 saturated carbocycles. The second-order valence-electron chi connectivity index (χ2n) is 7.57. The Bertz CT molecular complexity index is 448. The number of carbonyl (C=O) groups is 2. The summed E-state index contributed by atoms with van der Waals surface area (Å²) in [5.41, 5.74) is -0.300. The standard InChI is InChI=1S/C18H27IO4/c1-3-15(19)17(21)22-10-16(20)23-18(4-2)13-6-11-5-12(8-13)9-14(18)7-11/h11-15H,3-10H2,1-2H3. The SMILES string of the molecule is CCC(I)C(=O)OCC(=O)OC1(CC)C2CC3CC(C2)CC1C3. The van der Waals surface area contributed by atoms with E-state index in [2.05, 4.69) is 6.92 Å². The van der Waals surface area contributed by atoms with Crippen LogP contribution in [0.3, 0.4) is 0 Å². The van der Waals surface area contributed by atoms with E-state index in [1.807, 2.05) is 29.5 Å². The molecule has 4 rings (SSSR count). The van der Waals surface area contributed by atoms with Gasteiger partial charge in [-0.25, -0.2) is 4.79 Å². The van der Waals surface area contributed by atoms with Gasteiger partial charge < -0.3 is 9.47 Å². The van der Waals surface area contributed by atoms with Crippen molar-refractivity contribution in [2.75, 3.05) is 6.61 Å². The Labute approximate surface area is 152 Å². The van der Waals surface area contributed by atoms with Gasteiger partial charge in [0.15, 0.2) is 6.61 Å². The second-order valence-corrected chi connectivity index (χ2v) is 9.07. The van der Waals surface area contributed by atoms with Crippen molar-refractivity contribution in [1.82, 2.24) is 0 Å². The zero-order valence-electron chi connectivity index (χ0n) is 14.1. The van der Waals surface area contributed by atoms with Gasteiger partial charge in [-0.05, 0) is 68.6 Å². The van der Waals surface area contributed by atoms with Crippen molar-refractivity contribution in [3.63, 3.8) is 0 Å². The van der Waals surface area contributed by atoms with Crippen LogP contribution in [0, 0.1) is 23.7 Å².